The second-order valence-electron chi connectivity index (χ2n) is 2.90. The van der Waals surface area contributed by atoms with Gasteiger partial charge in [0.1, 0.15) is 5.75 Å². The van der Waals surface area contributed by atoms with Gasteiger partial charge < -0.3 is 10.2 Å². The second kappa shape index (κ2) is 3.52. The first-order valence-corrected chi connectivity index (χ1v) is 5.22. The van der Waals surface area contributed by atoms with Crippen molar-refractivity contribution in [2.75, 3.05) is 0 Å². The molecule has 6 nitrogen and oxygen atoms in total. The van der Waals surface area contributed by atoms with Crippen molar-refractivity contribution in [2.45, 2.75) is 11.8 Å². The quantitative estimate of drug-likeness (QED) is 0.645. The molecule has 1 aromatic carbocycles. The van der Waals surface area contributed by atoms with E-state index >= 15 is 0 Å². The Morgan fingerprint density at radius 1 is 1.33 bits per heavy atom. The molecule has 1 rings (SSSR count). The van der Waals surface area contributed by atoms with Crippen LogP contribution in [0.25, 0.3) is 0 Å². The van der Waals surface area contributed by atoms with Gasteiger partial charge in [-0.3, -0.25) is 4.55 Å². The molecule has 0 unspecified atom stereocenters. The van der Waals surface area contributed by atoms with Gasteiger partial charge in [-0.2, -0.15) is 8.42 Å². The van der Waals surface area contributed by atoms with Gasteiger partial charge in [-0.05, 0) is 13.0 Å². The van der Waals surface area contributed by atoms with Crippen molar-refractivity contribution in [1.29, 1.82) is 0 Å². The highest BCUT2D eigenvalue weighted by atomic mass is 32.2. The third kappa shape index (κ3) is 2.25. The van der Waals surface area contributed by atoms with Crippen molar-refractivity contribution in [2.24, 2.45) is 0 Å². The molecule has 0 fully saturated rings. The summed E-state index contributed by atoms with van der Waals surface area (Å²) in [5.41, 5.74) is -0.336. The van der Waals surface area contributed by atoms with Crippen LogP contribution in [0.3, 0.4) is 0 Å². The lowest BCUT2D eigenvalue weighted by atomic mass is 10.1. The molecule has 0 saturated carbocycles. The normalized spacial score (nSPS) is 11.3. The van der Waals surface area contributed by atoms with Gasteiger partial charge in [0.15, 0.2) is 0 Å². The SMILES string of the molecule is Cc1c(O)cc(S(=O)(=O)O)cc1C(=O)O. The van der Waals surface area contributed by atoms with Gasteiger partial charge in [0.05, 0.1) is 10.5 Å². The molecule has 7 heteroatoms. The van der Waals surface area contributed by atoms with Crippen LogP contribution in [-0.4, -0.2) is 29.2 Å². The third-order valence-electron chi connectivity index (χ3n) is 1.88. The standard InChI is InChI=1S/C8H8O6S/c1-4-6(8(10)11)2-5(3-7(4)9)15(12,13)14/h2-3,9H,1H3,(H,10,11)(H,12,13,14). The van der Waals surface area contributed by atoms with E-state index in [0.717, 1.165) is 12.1 Å². The van der Waals surface area contributed by atoms with Gasteiger partial charge in [0.2, 0.25) is 0 Å². The van der Waals surface area contributed by atoms with Crippen LogP contribution in [0.1, 0.15) is 15.9 Å². The molecule has 82 valence electrons. The lowest BCUT2D eigenvalue weighted by molar-refractivity contribution is 0.0695. The summed E-state index contributed by atoms with van der Waals surface area (Å²) in [5, 5.41) is 17.9. The number of phenols is 1. The number of rotatable bonds is 2. The average Bonchev–Trinajstić information content (AvgIpc) is 2.06. The summed E-state index contributed by atoms with van der Waals surface area (Å²) < 4.78 is 30.1. The number of aromatic carboxylic acids is 1. The van der Waals surface area contributed by atoms with E-state index in [1.54, 1.807) is 0 Å². The van der Waals surface area contributed by atoms with Crippen LogP contribution >= 0.6 is 0 Å². The van der Waals surface area contributed by atoms with Crippen molar-refractivity contribution in [1.82, 2.24) is 0 Å². The van der Waals surface area contributed by atoms with E-state index in [9.17, 15) is 18.3 Å². The van der Waals surface area contributed by atoms with Gasteiger partial charge in [-0.25, -0.2) is 4.79 Å². The Kier molecular flexibility index (Phi) is 2.69. The monoisotopic (exact) mass is 232 g/mol. The zero-order chi connectivity index (χ0) is 11.8. The largest absolute Gasteiger partial charge is 0.508 e. The molecule has 0 atom stereocenters. The molecule has 0 aliphatic carbocycles. The molecule has 3 N–H and O–H groups in total. The summed E-state index contributed by atoms with van der Waals surface area (Å²) >= 11 is 0. The third-order valence-corrected chi connectivity index (χ3v) is 2.71. The van der Waals surface area contributed by atoms with Crippen LogP contribution in [0, 0.1) is 6.92 Å². The van der Waals surface area contributed by atoms with Gasteiger partial charge in [-0.15, -0.1) is 0 Å². The van der Waals surface area contributed by atoms with E-state index < -0.39 is 26.7 Å². The first-order chi connectivity index (χ1) is 6.73. The number of carboxylic acid groups (broad SMARTS) is 1. The number of aromatic hydroxyl groups is 1. The molecule has 0 heterocycles. The Bertz CT molecular complexity index is 516. The summed E-state index contributed by atoms with van der Waals surface area (Å²) in [6, 6.07) is 1.57. The molecule has 0 spiro atoms. The average molecular weight is 232 g/mol. The molecule has 0 aliphatic rings. The summed E-state index contributed by atoms with van der Waals surface area (Å²) in [7, 11) is -4.52. The van der Waals surface area contributed by atoms with Gasteiger partial charge in [0, 0.05) is 11.6 Å². The number of carbonyl (C=O) groups is 1. The topological polar surface area (TPSA) is 112 Å². The van der Waals surface area contributed by atoms with Gasteiger partial charge >= 0.3 is 5.97 Å². The second-order valence-corrected chi connectivity index (χ2v) is 4.32. The molecule has 0 amide bonds. The fourth-order valence-corrected chi connectivity index (χ4v) is 1.57. The fourth-order valence-electron chi connectivity index (χ4n) is 1.04. The minimum absolute atomic E-state index is 0.0369. The molecular formula is C8H8O6S. The summed E-state index contributed by atoms with van der Waals surface area (Å²) in [6.45, 7) is 1.33. The lowest BCUT2D eigenvalue weighted by Gasteiger charge is -2.05. The highest BCUT2D eigenvalue weighted by molar-refractivity contribution is 7.85. The maximum Gasteiger partial charge on any atom is 0.336 e. The number of phenolic OH excluding ortho intramolecular Hbond substituents is 1. The Balaban J connectivity index is 3.57. The van der Waals surface area contributed by atoms with Crippen LogP contribution in [-0.2, 0) is 10.1 Å². The first-order valence-electron chi connectivity index (χ1n) is 3.78. The van der Waals surface area contributed by atoms with Crippen molar-refractivity contribution in [3.63, 3.8) is 0 Å². The number of carboxylic acids is 1. The first kappa shape index (κ1) is 11.5. The molecule has 0 aliphatic heterocycles. The summed E-state index contributed by atoms with van der Waals surface area (Å²) in [4.78, 5) is 10.0. The van der Waals surface area contributed by atoms with E-state index in [1.807, 2.05) is 0 Å². The zero-order valence-corrected chi connectivity index (χ0v) is 8.45. The van der Waals surface area contributed by atoms with Crippen molar-refractivity contribution < 1.29 is 28.0 Å². The number of hydrogen-bond donors (Lipinski definition) is 3. The molecule has 0 bridgehead atoms. The predicted molar refractivity (Wildman–Crippen MR) is 49.6 cm³/mol. The molecule has 1 aromatic rings. The smallest absolute Gasteiger partial charge is 0.336 e. The van der Waals surface area contributed by atoms with Gasteiger partial charge in [-0.1, -0.05) is 0 Å². The number of hydrogen-bond acceptors (Lipinski definition) is 4. The van der Waals surface area contributed by atoms with Gasteiger partial charge in [0.25, 0.3) is 10.1 Å². The fraction of sp³-hybridized carbons (Fsp3) is 0.125. The van der Waals surface area contributed by atoms with Crippen molar-refractivity contribution in [3.05, 3.63) is 23.3 Å². The minimum atomic E-state index is -4.52. The van der Waals surface area contributed by atoms with E-state index in [4.69, 9.17) is 9.66 Å². The predicted octanol–water partition coefficient (Wildman–Crippen LogP) is 0.646. The molecule has 0 radical (unpaired) electrons. The minimum Gasteiger partial charge on any atom is -0.508 e. The molecule has 0 aromatic heterocycles. The van der Waals surface area contributed by atoms with E-state index in [2.05, 4.69) is 0 Å². The van der Waals surface area contributed by atoms with E-state index in [1.165, 1.54) is 6.92 Å². The van der Waals surface area contributed by atoms with Crippen LogP contribution < -0.4 is 0 Å². The van der Waals surface area contributed by atoms with Crippen molar-refractivity contribution in [3.8, 4) is 5.75 Å². The molecule has 15 heavy (non-hydrogen) atoms. The maximum absolute atomic E-state index is 10.7. The molecular weight excluding hydrogens is 224 g/mol. The van der Waals surface area contributed by atoms with Crippen LogP contribution in [0.4, 0.5) is 0 Å². The maximum atomic E-state index is 10.7. The Morgan fingerprint density at radius 3 is 2.27 bits per heavy atom. The van der Waals surface area contributed by atoms with E-state index in [0.29, 0.717) is 0 Å². The van der Waals surface area contributed by atoms with Crippen LogP contribution in [0.15, 0.2) is 17.0 Å². The Morgan fingerprint density at radius 2 is 1.87 bits per heavy atom. The molecule has 0 saturated heterocycles. The van der Waals surface area contributed by atoms with E-state index in [-0.39, 0.29) is 11.1 Å². The Labute approximate surface area is 85.5 Å². The zero-order valence-electron chi connectivity index (χ0n) is 7.63. The summed E-state index contributed by atoms with van der Waals surface area (Å²) in [6.07, 6.45) is 0. The number of benzene rings is 1. The Hall–Kier alpha value is -1.60. The van der Waals surface area contributed by atoms with Crippen LogP contribution in [0.5, 0.6) is 5.75 Å². The van der Waals surface area contributed by atoms with Crippen molar-refractivity contribution >= 4 is 16.1 Å². The highest BCUT2D eigenvalue weighted by Gasteiger charge is 2.18. The lowest BCUT2D eigenvalue weighted by Crippen LogP contribution is -2.05. The van der Waals surface area contributed by atoms with Crippen LogP contribution in [0.2, 0.25) is 0 Å². The highest BCUT2D eigenvalue weighted by Crippen LogP contribution is 2.25. The summed E-state index contributed by atoms with van der Waals surface area (Å²) in [5.74, 6) is -1.88.